The monoisotopic (exact) mass is 455 g/mol. The van der Waals surface area contributed by atoms with Crippen LogP contribution in [0.15, 0.2) is 42.6 Å². The fourth-order valence-corrected chi connectivity index (χ4v) is 4.58. The first-order valence-electron chi connectivity index (χ1n) is 9.99. The van der Waals surface area contributed by atoms with E-state index in [1.165, 1.54) is 12.5 Å². The maximum absolute atomic E-state index is 14.4. The molecular weight excluding hydrogens is 428 g/mol. The molecule has 0 saturated heterocycles. The first-order chi connectivity index (χ1) is 13.6. The molecule has 0 aliphatic heterocycles. The standard InChI is InChI=1S/C22H26FN3O2.2ClH/c23-19-12-17(7-8-20(19)28-13-18-6-1-2-9-25-18)26-22(27)16-10-14-4-3-5-15(11-16)21(14)24;;/h1-2,6-9,12,14-16,21H,3-5,10-11,13,24H2,(H,26,27);2*1H. The van der Waals surface area contributed by atoms with E-state index < -0.39 is 5.82 Å². The molecule has 2 bridgehead atoms. The molecule has 1 aromatic carbocycles. The van der Waals surface area contributed by atoms with Gasteiger partial charge in [0, 0.05) is 29.9 Å². The Hall–Kier alpha value is -1.89. The lowest BCUT2D eigenvalue weighted by Crippen LogP contribution is -2.48. The molecule has 2 saturated carbocycles. The summed E-state index contributed by atoms with van der Waals surface area (Å²) in [5.41, 5.74) is 7.48. The number of aromatic nitrogens is 1. The Kier molecular flexibility index (Phi) is 8.89. The van der Waals surface area contributed by atoms with Gasteiger partial charge in [-0.3, -0.25) is 9.78 Å². The lowest BCUT2D eigenvalue weighted by Gasteiger charge is -2.43. The van der Waals surface area contributed by atoms with Gasteiger partial charge in [-0.2, -0.15) is 0 Å². The van der Waals surface area contributed by atoms with Gasteiger partial charge < -0.3 is 15.8 Å². The number of rotatable bonds is 5. The molecule has 8 heteroatoms. The molecule has 2 aliphatic rings. The van der Waals surface area contributed by atoms with Gasteiger partial charge in [0.25, 0.3) is 0 Å². The maximum Gasteiger partial charge on any atom is 0.227 e. The normalized spacial score (nSPS) is 24.7. The lowest BCUT2D eigenvalue weighted by atomic mass is 9.65. The number of hydrogen-bond acceptors (Lipinski definition) is 4. The molecule has 0 radical (unpaired) electrons. The van der Waals surface area contributed by atoms with Crippen LogP contribution in [-0.2, 0) is 11.4 Å². The van der Waals surface area contributed by atoms with Gasteiger partial charge >= 0.3 is 0 Å². The zero-order valence-corrected chi connectivity index (χ0v) is 18.3. The van der Waals surface area contributed by atoms with Crippen molar-refractivity contribution in [3.63, 3.8) is 0 Å². The fraction of sp³-hybridized carbons (Fsp3) is 0.455. The van der Waals surface area contributed by atoms with Crippen LogP contribution in [0.1, 0.15) is 37.8 Å². The van der Waals surface area contributed by atoms with Crippen molar-refractivity contribution in [2.24, 2.45) is 23.5 Å². The van der Waals surface area contributed by atoms with Crippen LogP contribution in [0.3, 0.4) is 0 Å². The summed E-state index contributed by atoms with van der Waals surface area (Å²) in [6.45, 7) is 0.189. The highest BCUT2D eigenvalue weighted by Crippen LogP contribution is 2.42. The van der Waals surface area contributed by atoms with Crippen molar-refractivity contribution in [2.75, 3.05) is 5.32 Å². The Balaban J connectivity index is 0.00000160. The minimum Gasteiger partial charge on any atom is -0.484 e. The number of ether oxygens (including phenoxy) is 1. The quantitative estimate of drug-likeness (QED) is 0.682. The summed E-state index contributed by atoms with van der Waals surface area (Å²) in [6.07, 6.45) is 6.76. The number of hydrogen-bond donors (Lipinski definition) is 2. The Bertz CT molecular complexity index is 826. The van der Waals surface area contributed by atoms with Crippen molar-refractivity contribution in [1.82, 2.24) is 4.98 Å². The van der Waals surface area contributed by atoms with Gasteiger partial charge in [0.15, 0.2) is 11.6 Å². The van der Waals surface area contributed by atoms with Crippen LogP contribution in [0.5, 0.6) is 5.75 Å². The molecule has 30 heavy (non-hydrogen) atoms. The van der Waals surface area contributed by atoms with E-state index in [0.29, 0.717) is 17.5 Å². The van der Waals surface area contributed by atoms with Crippen LogP contribution in [-0.4, -0.2) is 16.9 Å². The Morgan fingerprint density at radius 1 is 1.17 bits per heavy atom. The summed E-state index contributed by atoms with van der Waals surface area (Å²) in [4.78, 5) is 16.8. The number of nitrogens with two attached hydrogens (primary N) is 1. The highest BCUT2D eigenvalue weighted by Gasteiger charge is 2.40. The van der Waals surface area contributed by atoms with E-state index in [2.05, 4.69) is 10.3 Å². The number of anilines is 1. The summed E-state index contributed by atoms with van der Waals surface area (Å²) in [7, 11) is 0. The van der Waals surface area contributed by atoms with Gasteiger partial charge in [-0.05, 0) is 61.8 Å². The molecule has 4 rings (SSSR count). The second kappa shape index (κ2) is 10.9. The number of halogens is 3. The van der Waals surface area contributed by atoms with Crippen LogP contribution in [0.4, 0.5) is 10.1 Å². The molecule has 1 aromatic heterocycles. The predicted molar refractivity (Wildman–Crippen MR) is 120 cm³/mol. The van der Waals surface area contributed by atoms with Crippen LogP contribution in [0.2, 0.25) is 0 Å². The zero-order valence-electron chi connectivity index (χ0n) is 16.6. The number of nitrogens with one attached hydrogen (secondary N) is 1. The SMILES string of the molecule is Cl.Cl.NC1C2CCCC1CC(C(=O)Nc1ccc(OCc3ccccn3)c(F)c1)C2. The smallest absolute Gasteiger partial charge is 0.227 e. The second-order valence-electron chi connectivity index (χ2n) is 7.94. The molecule has 2 fully saturated rings. The first-order valence-corrected chi connectivity index (χ1v) is 9.99. The third-order valence-corrected chi connectivity index (χ3v) is 6.08. The fourth-order valence-electron chi connectivity index (χ4n) is 4.58. The van der Waals surface area contributed by atoms with E-state index in [-0.39, 0.29) is 55.0 Å². The van der Waals surface area contributed by atoms with E-state index in [0.717, 1.165) is 31.4 Å². The average Bonchev–Trinajstić information content (AvgIpc) is 2.68. The molecule has 2 atom stereocenters. The summed E-state index contributed by atoms with van der Waals surface area (Å²) >= 11 is 0. The van der Waals surface area contributed by atoms with Crippen molar-refractivity contribution in [1.29, 1.82) is 0 Å². The van der Waals surface area contributed by atoms with Gasteiger partial charge in [0.2, 0.25) is 5.91 Å². The number of pyridine rings is 1. The topological polar surface area (TPSA) is 77.2 Å². The van der Waals surface area contributed by atoms with E-state index in [1.807, 2.05) is 18.2 Å². The second-order valence-corrected chi connectivity index (χ2v) is 7.94. The highest BCUT2D eigenvalue weighted by molar-refractivity contribution is 5.92. The van der Waals surface area contributed by atoms with Crippen molar-refractivity contribution in [3.05, 3.63) is 54.1 Å². The molecule has 1 amide bonds. The molecule has 3 N–H and O–H groups in total. The molecule has 1 heterocycles. The van der Waals surface area contributed by atoms with Crippen molar-refractivity contribution in [3.8, 4) is 5.75 Å². The van der Waals surface area contributed by atoms with Gasteiger partial charge in [0.05, 0.1) is 5.69 Å². The third-order valence-electron chi connectivity index (χ3n) is 6.08. The number of carbonyl (C=O) groups excluding carboxylic acids is 1. The summed E-state index contributed by atoms with van der Waals surface area (Å²) < 4.78 is 19.9. The number of fused-ring (bicyclic) bond motifs is 2. The number of benzene rings is 1. The molecule has 5 nitrogen and oxygen atoms in total. The maximum atomic E-state index is 14.4. The minimum atomic E-state index is -0.503. The zero-order chi connectivity index (χ0) is 19.5. The number of nitrogens with zero attached hydrogens (tertiary/aromatic N) is 1. The van der Waals surface area contributed by atoms with Crippen molar-refractivity contribution >= 4 is 36.4 Å². The third kappa shape index (κ3) is 5.62. The van der Waals surface area contributed by atoms with Crippen molar-refractivity contribution in [2.45, 2.75) is 44.8 Å². The van der Waals surface area contributed by atoms with E-state index in [4.69, 9.17) is 10.5 Å². The van der Waals surface area contributed by atoms with E-state index in [1.54, 1.807) is 18.3 Å². The molecule has 2 unspecified atom stereocenters. The van der Waals surface area contributed by atoms with Crippen LogP contribution in [0, 0.1) is 23.6 Å². The van der Waals surface area contributed by atoms with E-state index in [9.17, 15) is 9.18 Å². The van der Waals surface area contributed by atoms with Crippen LogP contribution < -0.4 is 15.8 Å². The molecule has 2 aliphatic carbocycles. The Labute approximate surface area is 188 Å². The van der Waals surface area contributed by atoms with Crippen LogP contribution >= 0.6 is 24.8 Å². The van der Waals surface area contributed by atoms with Gasteiger partial charge in [-0.25, -0.2) is 4.39 Å². The minimum absolute atomic E-state index is 0. The van der Waals surface area contributed by atoms with E-state index >= 15 is 0 Å². The molecule has 2 aromatic rings. The number of carbonyl (C=O) groups is 1. The summed E-state index contributed by atoms with van der Waals surface area (Å²) in [5.74, 6) is 0.423. The molecule has 164 valence electrons. The average molecular weight is 456 g/mol. The van der Waals surface area contributed by atoms with Crippen molar-refractivity contribution < 1.29 is 13.9 Å². The predicted octanol–water partition coefficient (Wildman–Crippen LogP) is 4.74. The van der Waals surface area contributed by atoms with Gasteiger partial charge in [0.1, 0.15) is 6.61 Å². The summed E-state index contributed by atoms with van der Waals surface area (Å²) in [6, 6.07) is 10.2. The highest BCUT2D eigenvalue weighted by atomic mass is 35.5. The number of amides is 1. The van der Waals surface area contributed by atoms with Crippen LogP contribution in [0.25, 0.3) is 0 Å². The van der Waals surface area contributed by atoms with Gasteiger partial charge in [-0.15, -0.1) is 24.8 Å². The largest absolute Gasteiger partial charge is 0.484 e. The van der Waals surface area contributed by atoms with Gasteiger partial charge in [-0.1, -0.05) is 12.5 Å². The lowest BCUT2D eigenvalue weighted by molar-refractivity contribution is -0.122. The molecular formula is C22H28Cl2FN3O2. The molecule has 0 spiro atoms. The Morgan fingerprint density at radius 3 is 2.53 bits per heavy atom. The Morgan fingerprint density at radius 2 is 1.90 bits per heavy atom. The summed E-state index contributed by atoms with van der Waals surface area (Å²) in [5, 5.41) is 2.87. The first kappa shape index (κ1) is 24.4.